The van der Waals surface area contributed by atoms with E-state index in [2.05, 4.69) is 34.3 Å². The minimum atomic E-state index is -0.177. The second kappa shape index (κ2) is 5.25. The minimum absolute atomic E-state index is 0.177. The van der Waals surface area contributed by atoms with Gasteiger partial charge in [0.2, 0.25) is 0 Å². The average Bonchev–Trinajstić information content (AvgIpc) is 2.91. The number of halogens is 1. The fourth-order valence-corrected chi connectivity index (χ4v) is 3.18. The SMILES string of the molecule is Cc1nn2c(=O)cc(CCl)[nH]c2c1-c1cccc2ccccc12. The van der Waals surface area contributed by atoms with E-state index in [1.807, 2.05) is 25.1 Å². The van der Waals surface area contributed by atoms with Crippen LogP contribution in [0.5, 0.6) is 0 Å². The number of aryl methyl sites for hydroxylation is 1. The lowest BCUT2D eigenvalue weighted by molar-refractivity contribution is 0.871. The summed E-state index contributed by atoms with van der Waals surface area (Å²) in [5.74, 6) is 0.255. The first-order chi connectivity index (χ1) is 11.2. The maximum absolute atomic E-state index is 12.2. The molecule has 0 unspecified atom stereocenters. The van der Waals surface area contributed by atoms with E-state index in [0.717, 1.165) is 27.6 Å². The van der Waals surface area contributed by atoms with Crippen molar-refractivity contribution in [3.63, 3.8) is 0 Å². The molecule has 0 aliphatic rings. The highest BCUT2D eigenvalue weighted by atomic mass is 35.5. The van der Waals surface area contributed by atoms with E-state index in [4.69, 9.17) is 11.6 Å². The molecular weight excluding hydrogens is 310 g/mol. The van der Waals surface area contributed by atoms with Crippen LogP contribution in [-0.4, -0.2) is 14.6 Å². The molecule has 2 heterocycles. The Kier molecular flexibility index (Phi) is 3.20. The highest BCUT2D eigenvalue weighted by molar-refractivity contribution is 6.16. The molecule has 2 aromatic heterocycles. The molecule has 1 N–H and O–H groups in total. The van der Waals surface area contributed by atoms with Gasteiger partial charge in [-0.25, -0.2) is 0 Å². The monoisotopic (exact) mass is 323 g/mol. The van der Waals surface area contributed by atoms with Crippen molar-refractivity contribution in [3.05, 3.63) is 70.3 Å². The summed E-state index contributed by atoms with van der Waals surface area (Å²) in [6.45, 7) is 1.91. The first kappa shape index (κ1) is 14.0. The minimum Gasteiger partial charge on any atom is -0.342 e. The molecule has 0 fully saturated rings. The lowest BCUT2D eigenvalue weighted by atomic mass is 9.98. The predicted molar refractivity (Wildman–Crippen MR) is 93.0 cm³/mol. The molecule has 114 valence electrons. The van der Waals surface area contributed by atoms with Gasteiger partial charge >= 0.3 is 0 Å². The van der Waals surface area contributed by atoms with E-state index >= 15 is 0 Å². The van der Waals surface area contributed by atoms with Crippen molar-refractivity contribution in [2.75, 3.05) is 0 Å². The van der Waals surface area contributed by atoms with Crippen LogP contribution in [-0.2, 0) is 5.88 Å². The Morgan fingerprint density at radius 2 is 1.96 bits per heavy atom. The molecular formula is C18H14ClN3O. The van der Waals surface area contributed by atoms with Crippen LogP contribution >= 0.6 is 11.6 Å². The Hall–Kier alpha value is -2.59. The molecule has 4 rings (SSSR count). The molecule has 0 amide bonds. The zero-order chi connectivity index (χ0) is 16.0. The van der Waals surface area contributed by atoms with Gasteiger partial charge in [-0.2, -0.15) is 9.61 Å². The number of hydrogen-bond donors (Lipinski definition) is 1. The van der Waals surface area contributed by atoms with Gasteiger partial charge in [0.25, 0.3) is 5.56 Å². The largest absolute Gasteiger partial charge is 0.342 e. The van der Waals surface area contributed by atoms with E-state index in [0.29, 0.717) is 11.3 Å². The van der Waals surface area contributed by atoms with Crippen molar-refractivity contribution in [2.45, 2.75) is 12.8 Å². The number of fused-ring (bicyclic) bond motifs is 2. The lowest BCUT2D eigenvalue weighted by Crippen LogP contribution is -2.15. The summed E-state index contributed by atoms with van der Waals surface area (Å²) < 4.78 is 1.41. The highest BCUT2D eigenvalue weighted by Crippen LogP contribution is 2.32. The van der Waals surface area contributed by atoms with Crippen molar-refractivity contribution in [3.8, 4) is 11.1 Å². The zero-order valence-corrected chi connectivity index (χ0v) is 13.3. The van der Waals surface area contributed by atoms with Gasteiger partial charge in [0, 0.05) is 17.3 Å². The van der Waals surface area contributed by atoms with Gasteiger partial charge in [0.1, 0.15) is 5.65 Å². The molecule has 0 saturated heterocycles. The number of aromatic nitrogens is 3. The molecule has 0 aliphatic heterocycles. The Bertz CT molecular complexity index is 1090. The van der Waals surface area contributed by atoms with Gasteiger partial charge in [-0.05, 0) is 23.3 Å². The molecule has 0 atom stereocenters. The third-order valence-corrected chi connectivity index (χ3v) is 4.34. The highest BCUT2D eigenvalue weighted by Gasteiger charge is 2.16. The number of nitrogens with zero attached hydrogens (tertiary/aromatic N) is 2. The van der Waals surface area contributed by atoms with Crippen molar-refractivity contribution in [1.29, 1.82) is 0 Å². The van der Waals surface area contributed by atoms with E-state index in [1.165, 1.54) is 10.6 Å². The molecule has 4 aromatic rings. The smallest absolute Gasteiger partial charge is 0.274 e. The topological polar surface area (TPSA) is 50.2 Å². The van der Waals surface area contributed by atoms with Gasteiger partial charge in [-0.3, -0.25) is 4.79 Å². The zero-order valence-electron chi connectivity index (χ0n) is 12.5. The summed E-state index contributed by atoms with van der Waals surface area (Å²) in [5, 5.41) is 6.68. The van der Waals surface area contributed by atoms with Crippen molar-refractivity contribution in [2.24, 2.45) is 0 Å². The van der Waals surface area contributed by atoms with Gasteiger partial charge in [0.15, 0.2) is 0 Å². The van der Waals surface area contributed by atoms with E-state index in [1.54, 1.807) is 0 Å². The molecule has 0 radical (unpaired) electrons. The number of benzene rings is 2. The van der Waals surface area contributed by atoms with Crippen LogP contribution in [0, 0.1) is 6.92 Å². The normalized spacial score (nSPS) is 11.4. The fraction of sp³-hybridized carbons (Fsp3) is 0.111. The van der Waals surface area contributed by atoms with Gasteiger partial charge in [-0.15, -0.1) is 11.6 Å². The van der Waals surface area contributed by atoms with Crippen LogP contribution in [0.4, 0.5) is 0 Å². The Balaban J connectivity index is 2.14. The predicted octanol–water partition coefficient (Wildman–Crippen LogP) is 3.89. The summed E-state index contributed by atoms with van der Waals surface area (Å²) in [5.41, 5.74) is 3.99. The summed E-state index contributed by atoms with van der Waals surface area (Å²) >= 11 is 5.90. The van der Waals surface area contributed by atoms with Crippen LogP contribution in [0.2, 0.25) is 0 Å². The molecule has 2 aromatic carbocycles. The molecule has 5 heteroatoms. The molecule has 4 nitrogen and oxygen atoms in total. The maximum Gasteiger partial charge on any atom is 0.274 e. The van der Waals surface area contributed by atoms with Crippen LogP contribution in [0.25, 0.3) is 27.5 Å². The third kappa shape index (κ3) is 2.14. The number of alkyl halides is 1. The summed E-state index contributed by atoms with van der Waals surface area (Å²) in [4.78, 5) is 15.5. The molecule has 0 saturated carbocycles. The van der Waals surface area contributed by atoms with Gasteiger partial charge in [0.05, 0.1) is 11.6 Å². The average molecular weight is 324 g/mol. The van der Waals surface area contributed by atoms with Crippen LogP contribution in [0.3, 0.4) is 0 Å². The second-order valence-corrected chi connectivity index (χ2v) is 5.78. The molecule has 0 bridgehead atoms. The summed E-state index contributed by atoms with van der Waals surface area (Å²) in [7, 11) is 0. The number of aromatic amines is 1. The second-order valence-electron chi connectivity index (χ2n) is 5.51. The first-order valence-electron chi connectivity index (χ1n) is 7.34. The van der Waals surface area contributed by atoms with Crippen molar-refractivity contribution >= 4 is 28.0 Å². The maximum atomic E-state index is 12.2. The van der Waals surface area contributed by atoms with Gasteiger partial charge in [-0.1, -0.05) is 42.5 Å². The number of nitrogens with one attached hydrogen (secondary N) is 1. The lowest BCUT2D eigenvalue weighted by Gasteiger charge is -2.07. The number of rotatable bonds is 2. The number of H-pyrrole nitrogens is 1. The van der Waals surface area contributed by atoms with Crippen LogP contribution in [0.1, 0.15) is 11.4 Å². The van der Waals surface area contributed by atoms with E-state index in [9.17, 15) is 4.79 Å². The number of hydrogen-bond acceptors (Lipinski definition) is 2. The van der Waals surface area contributed by atoms with E-state index < -0.39 is 0 Å². The van der Waals surface area contributed by atoms with Crippen molar-refractivity contribution in [1.82, 2.24) is 14.6 Å². The van der Waals surface area contributed by atoms with Crippen LogP contribution < -0.4 is 5.56 Å². The Morgan fingerprint density at radius 3 is 2.78 bits per heavy atom. The molecule has 0 aliphatic carbocycles. The Labute approximate surface area is 137 Å². The molecule has 23 heavy (non-hydrogen) atoms. The Morgan fingerprint density at radius 1 is 1.17 bits per heavy atom. The molecule has 0 spiro atoms. The standard InChI is InChI=1S/C18H14ClN3O/c1-11-17(15-8-4-6-12-5-2-3-7-14(12)15)18-20-13(10-19)9-16(23)22(18)21-11/h2-9,20H,10H2,1H3. The third-order valence-electron chi connectivity index (χ3n) is 4.05. The summed E-state index contributed by atoms with van der Waals surface area (Å²) in [6.07, 6.45) is 0. The van der Waals surface area contributed by atoms with Crippen molar-refractivity contribution < 1.29 is 0 Å². The van der Waals surface area contributed by atoms with E-state index in [-0.39, 0.29) is 11.4 Å². The summed E-state index contributed by atoms with van der Waals surface area (Å²) in [6, 6.07) is 15.8. The van der Waals surface area contributed by atoms with Gasteiger partial charge < -0.3 is 4.98 Å². The fourth-order valence-electron chi connectivity index (χ4n) is 3.04. The quantitative estimate of drug-likeness (QED) is 0.569. The van der Waals surface area contributed by atoms with Crippen LogP contribution in [0.15, 0.2) is 53.3 Å². The first-order valence-corrected chi connectivity index (χ1v) is 7.88.